The van der Waals surface area contributed by atoms with Gasteiger partial charge in [-0.2, -0.15) is 0 Å². The van der Waals surface area contributed by atoms with Crippen molar-refractivity contribution < 1.29 is 19.1 Å². The minimum absolute atomic E-state index is 0.0616. The first-order valence-corrected chi connectivity index (χ1v) is 6.94. The molecule has 2 aromatic rings. The molecule has 2 rings (SSSR count). The van der Waals surface area contributed by atoms with E-state index in [0.29, 0.717) is 11.3 Å². The van der Waals surface area contributed by atoms with E-state index in [-0.39, 0.29) is 11.6 Å². The number of carbonyl (C=O) groups is 2. The summed E-state index contributed by atoms with van der Waals surface area (Å²) in [6.07, 6.45) is 1.55. The van der Waals surface area contributed by atoms with Crippen LogP contribution in [0.3, 0.4) is 0 Å². The van der Waals surface area contributed by atoms with Crippen LogP contribution in [0.5, 0.6) is 5.75 Å². The summed E-state index contributed by atoms with van der Waals surface area (Å²) >= 11 is 0. The standard InChI is InChI=1S/C18H17NO4/c1-22-15-10-8-13(9-11-15)12-16(18(21)23-2)19-17(20)14-6-4-3-5-7-14/h3-12H,1-2H3,(H,19,20). The summed E-state index contributed by atoms with van der Waals surface area (Å²) < 4.78 is 9.80. The molecular weight excluding hydrogens is 294 g/mol. The largest absolute Gasteiger partial charge is 0.497 e. The summed E-state index contributed by atoms with van der Waals surface area (Å²) in [5.74, 6) is -0.295. The van der Waals surface area contributed by atoms with E-state index in [4.69, 9.17) is 9.47 Å². The molecule has 0 heterocycles. The van der Waals surface area contributed by atoms with Crippen LogP contribution in [0.2, 0.25) is 0 Å². The number of hydrogen-bond donors (Lipinski definition) is 1. The van der Waals surface area contributed by atoms with Gasteiger partial charge in [-0.25, -0.2) is 4.79 Å². The smallest absolute Gasteiger partial charge is 0.354 e. The molecule has 0 aliphatic rings. The van der Waals surface area contributed by atoms with Crippen molar-refractivity contribution in [1.29, 1.82) is 0 Å². The second kappa shape index (κ2) is 7.79. The third-order valence-corrected chi connectivity index (χ3v) is 3.12. The molecule has 0 unspecified atom stereocenters. The highest BCUT2D eigenvalue weighted by Crippen LogP contribution is 2.14. The van der Waals surface area contributed by atoms with Gasteiger partial charge in [-0.3, -0.25) is 4.79 Å². The van der Waals surface area contributed by atoms with Crippen LogP contribution in [-0.4, -0.2) is 26.1 Å². The zero-order valence-electron chi connectivity index (χ0n) is 12.9. The lowest BCUT2D eigenvalue weighted by molar-refractivity contribution is -0.136. The number of amides is 1. The number of rotatable bonds is 5. The lowest BCUT2D eigenvalue weighted by Gasteiger charge is -2.08. The van der Waals surface area contributed by atoms with Gasteiger partial charge in [0.1, 0.15) is 11.4 Å². The Hall–Kier alpha value is -3.08. The van der Waals surface area contributed by atoms with Crippen molar-refractivity contribution in [2.24, 2.45) is 0 Å². The lowest BCUT2D eigenvalue weighted by Crippen LogP contribution is -2.28. The molecule has 0 aliphatic carbocycles. The summed E-state index contributed by atoms with van der Waals surface area (Å²) in [7, 11) is 2.84. The Morgan fingerprint density at radius 3 is 2.17 bits per heavy atom. The summed E-state index contributed by atoms with van der Waals surface area (Å²) in [5.41, 5.74) is 1.25. The number of nitrogens with one attached hydrogen (secondary N) is 1. The number of carbonyl (C=O) groups excluding carboxylic acids is 2. The fourth-order valence-corrected chi connectivity index (χ4v) is 1.91. The van der Waals surface area contributed by atoms with E-state index < -0.39 is 5.97 Å². The maximum absolute atomic E-state index is 12.2. The van der Waals surface area contributed by atoms with E-state index in [1.165, 1.54) is 7.11 Å². The molecule has 0 saturated carbocycles. The summed E-state index contributed by atoms with van der Waals surface area (Å²) in [4.78, 5) is 24.1. The first kappa shape index (κ1) is 16.3. The third-order valence-electron chi connectivity index (χ3n) is 3.12. The average molecular weight is 311 g/mol. The number of ether oxygens (including phenoxy) is 2. The Balaban J connectivity index is 2.24. The highest BCUT2D eigenvalue weighted by molar-refractivity contribution is 6.03. The van der Waals surface area contributed by atoms with Crippen LogP contribution < -0.4 is 10.1 Å². The van der Waals surface area contributed by atoms with E-state index in [9.17, 15) is 9.59 Å². The molecule has 0 aromatic heterocycles. The highest BCUT2D eigenvalue weighted by Gasteiger charge is 2.14. The average Bonchev–Trinajstić information content (AvgIpc) is 2.61. The van der Waals surface area contributed by atoms with Gasteiger partial charge in [0.25, 0.3) is 5.91 Å². The minimum Gasteiger partial charge on any atom is -0.497 e. The molecule has 5 heteroatoms. The van der Waals surface area contributed by atoms with E-state index in [1.807, 2.05) is 6.07 Å². The van der Waals surface area contributed by atoms with Gasteiger partial charge in [0, 0.05) is 5.56 Å². The quantitative estimate of drug-likeness (QED) is 0.681. The predicted molar refractivity (Wildman–Crippen MR) is 86.9 cm³/mol. The van der Waals surface area contributed by atoms with Crippen LogP contribution in [0.4, 0.5) is 0 Å². The van der Waals surface area contributed by atoms with Crippen LogP contribution in [0, 0.1) is 0 Å². The number of methoxy groups -OCH3 is 2. The number of esters is 1. The molecule has 0 fully saturated rings. The third kappa shape index (κ3) is 4.44. The van der Waals surface area contributed by atoms with Gasteiger partial charge in [0.15, 0.2) is 0 Å². The summed E-state index contributed by atoms with van der Waals surface area (Å²) in [5, 5.41) is 2.58. The van der Waals surface area contributed by atoms with Crippen LogP contribution >= 0.6 is 0 Å². The SMILES string of the molecule is COC(=O)C(=Cc1ccc(OC)cc1)NC(=O)c1ccccc1. The molecular formula is C18H17NO4. The van der Waals surface area contributed by atoms with Crippen molar-refractivity contribution in [2.75, 3.05) is 14.2 Å². The molecule has 0 bridgehead atoms. The van der Waals surface area contributed by atoms with E-state index in [0.717, 1.165) is 5.56 Å². The van der Waals surface area contributed by atoms with Gasteiger partial charge < -0.3 is 14.8 Å². The Kier molecular flexibility index (Phi) is 5.52. The fraction of sp³-hybridized carbons (Fsp3) is 0.111. The topological polar surface area (TPSA) is 64.6 Å². The highest BCUT2D eigenvalue weighted by atomic mass is 16.5. The monoisotopic (exact) mass is 311 g/mol. The molecule has 0 spiro atoms. The van der Waals surface area contributed by atoms with Gasteiger partial charge in [-0.1, -0.05) is 30.3 Å². The van der Waals surface area contributed by atoms with E-state index in [2.05, 4.69) is 5.32 Å². The summed E-state index contributed by atoms with van der Waals surface area (Å²) in [6, 6.07) is 15.7. The second-order valence-electron chi connectivity index (χ2n) is 4.64. The van der Waals surface area contributed by atoms with Gasteiger partial charge in [0.05, 0.1) is 14.2 Å². The fourth-order valence-electron chi connectivity index (χ4n) is 1.91. The zero-order chi connectivity index (χ0) is 16.7. The van der Waals surface area contributed by atoms with Crippen LogP contribution in [-0.2, 0) is 9.53 Å². The van der Waals surface area contributed by atoms with Crippen LogP contribution in [0.25, 0.3) is 6.08 Å². The second-order valence-corrected chi connectivity index (χ2v) is 4.64. The van der Waals surface area contributed by atoms with E-state index in [1.54, 1.807) is 61.7 Å². The first-order chi connectivity index (χ1) is 11.1. The van der Waals surface area contributed by atoms with Gasteiger partial charge in [-0.15, -0.1) is 0 Å². The van der Waals surface area contributed by atoms with Gasteiger partial charge in [-0.05, 0) is 35.9 Å². The molecule has 0 aliphatic heterocycles. The molecule has 118 valence electrons. The van der Waals surface area contributed by atoms with Crippen molar-refractivity contribution in [2.45, 2.75) is 0 Å². The van der Waals surface area contributed by atoms with Gasteiger partial charge in [0.2, 0.25) is 0 Å². The van der Waals surface area contributed by atoms with Crippen molar-refractivity contribution >= 4 is 18.0 Å². The molecule has 5 nitrogen and oxygen atoms in total. The van der Waals surface area contributed by atoms with Crippen molar-refractivity contribution in [3.05, 3.63) is 71.4 Å². The molecule has 0 atom stereocenters. The molecule has 1 amide bonds. The summed E-state index contributed by atoms with van der Waals surface area (Å²) in [6.45, 7) is 0. The lowest BCUT2D eigenvalue weighted by atomic mass is 10.1. The number of benzene rings is 2. The van der Waals surface area contributed by atoms with Gasteiger partial charge >= 0.3 is 5.97 Å². The zero-order valence-corrected chi connectivity index (χ0v) is 12.9. The Morgan fingerprint density at radius 2 is 1.61 bits per heavy atom. The van der Waals surface area contributed by atoms with Crippen molar-refractivity contribution in [1.82, 2.24) is 5.32 Å². The molecule has 1 N–H and O–H groups in total. The Bertz CT molecular complexity index is 706. The van der Waals surface area contributed by atoms with Crippen LogP contribution in [0.15, 0.2) is 60.3 Å². The minimum atomic E-state index is -0.620. The Labute approximate surface area is 134 Å². The molecule has 0 saturated heterocycles. The maximum atomic E-state index is 12.2. The van der Waals surface area contributed by atoms with Crippen molar-refractivity contribution in [3.8, 4) is 5.75 Å². The molecule has 23 heavy (non-hydrogen) atoms. The molecule has 0 radical (unpaired) electrons. The molecule has 2 aromatic carbocycles. The van der Waals surface area contributed by atoms with Crippen molar-refractivity contribution in [3.63, 3.8) is 0 Å². The maximum Gasteiger partial charge on any atom is 0.354 e. The normalized spacial score (nSPS) is 10.8. The van der Waals surface area contributed by atoms with E-state index >= 15 is 0 Å². The number of hydrogen-bond acceptors (Lipinski definition) is 4. The Morgan fingerprint density at radius 1 is 0.957 bits per heavy atom. The van der Waals surface area contributed by atoms with Crippen LogP contribution in [0.1, 0.15) is 15.9 Å². The first-order valence-electron chi connectivity index (χ1n) is 6.94. The predicted octanol–water partition coefficient (Wildman–Crippen LogP) is 2.64.